The molecule has 2 heterocycles. The van der Waals surface area contributed by atoms with E-state index >= 15 is 0 Å². The zero-order valence-electron chi connectivity index (χ0n) is 16.4. The molecule has 1 saturated heterocycles. The Kier molecular flexibility index (Phi) is 6.27. The quantitative estimate of drug-likeness (QED) is 0.697. The maximum atomic E-state index is 13.2. The van der Waals surface area contributed by atoms with Gasteiger partial charge in [-0.1, -0.05) is 49.4 Å². The molecule has 1 unspecified atom stereocenters. The predicted octanol–water partition coefficient (Wildman–Crippen LogP) is 2.68. The van der Waals surface area contributed by atoms with Crippen molar-refractivity contribution in [2.45, 2.75) is 66.9 Å². The van der Waals surface area contributed by atoms with Crippen molar-refractivity contribution in [3.8, 4) is 0 Å². The van der Waals surface area contributed by atoms with E-state index < -0.39 is 37.2 Å². The topological polar surface area (TPSA) is 69.9 Å². The Morgan fingerprint density at radius 1 is 1.00 bits per heavy atom. The van der Waals surface area contributed by atoms with E-state index in [2.05, 4.69) is 43.3 Å². The zero-order chi connectivity index (χ0) is 20.5. The molecule has 2 aromatic carbocycles. The average molecular weight is 419 g/mol. The molecule has 0 aliphatic carbocycles. The molecule has 156 valence electrons. The Hall–Kier alpha value is -1.44. The first-order valence-corrected chi connectivity index (χ1v) is 11.0. The molecule has 0 spiro atoms. The van der Waals surface area contributed by atoms with Gasteiger partial charge in [0.1, 0.15) is 31.1 Å². The minimum absolute atomic E-state index is 0.139. The minimum Gasteiger partial charge on any atom is -0.388 e. The van der Waals surface area contributed by atoms with Gasteiger partial charge in [0.05, 0.1) is 6.10 Å². The van der Waals surface area contributed by atoms with Crippen molar-refractivity contribution >= 4 is 11.8 Å². The zero-order valence-corrected chi connectivity index (χ0v) is 17.2. The smallest absolute Gasteiger partial charge is 0.118 e. The molecule has 3 N–H and O–H groups in total. The van der Waals surface area contributed by atoms with Gasteiger partial charge in [-0.05, 0) is 41.5 Å². The van der Waals surface area contributed by atoms with Gasteiger partial charge in [-0.25, -0.2) is 4.39 Å². The Bertz CT molecular complexity index is 841. The fraction of sp³-hybridized carbons (Fsp3) is 0.478. The second-order valence-electron chi connectivity index (χ2n) is 7.88. The van der Waals surface area contributed by atoms with Crippen LogP contribution in [0.5, 0.6) is 0 Å². The SMILES string of the molecule is CCc1ccc(Cc2cccc3c2SC([C@@H]2O[C@H](CF)[C@@H](O)[C@H](O)[C@H]2O)C3)cc1. The highest BCUT2D eigenvalue weighted by molar-refractivity contribution is 8.00. The number of aliphatic hydroxyl groups is 3. The first kappa shape index (κ1) is 20.8. The van der Waals surface area contributed by atoms with Crippen LogP contribution in [-0.2, 0) is 24.0 Å². The van der Waals surface area contributed by atoms with Gasteiger partial charge in [-0.15, -0.1) is 11.8 Å². The van der Waals surface area contributed by atoms with E-state index in [4.69, 9.17) is 4.74 Å². The number of ether oxygens (including phenoxy) is 1. The van der Waals surface area contributed by atoms with Gasteiger partial charge >= 0.3 is 0 Å². The van der Waals surface area contributed by atoms with Gasteiger partial charge in [0.25, 0.3) is 0 Å². The number of thioether (sulfide) groups is 1. The number of hydrogen-bond acceptors (Lipinski definition) is 5. The molecule has 2 aromatic rings. The van der Waals surface area contributed by atoms with E-state index in [0.29, 0.717) is 6.42 Å². The number of aryl methyl sites for hydroxylation is 1. The average Bonchev–Trinajstić information content (AvgIpc) is 3.18. The fourth-order valence-electron chi connectivity index (χ4n) is 4.21. The fourth-order valence-corrected chi connectivity index (χ4v) is 5.73. The molecular formula is C23H27FO4S. The Balaban J connectivity index is 1.53. The number of alkyl halides is 1. The molecule has 4 rings (SSSR count). The molecule has 1 fully saturated rings. The molecule has 0 aromatic heterocycles. The van der Waals surface area contributed by atoms with Crippen molar-refractivity contribution in [3.05, 3.63) is 64.7 Å². The molecule has 2 aliphatic heterocycles. The van der Waals surface area contributed by atoms with E-state index in [0.717, 1.165) is 12.8 Å². The lowest BCUT2D eigenvalue weighted by Gasteiger charge is -2.41. The van der Waals surface area contributed by atoms with E-state index in [1.165, 1.54) is 27.1 Å². The molecule has 2 aliphatic rings. The van der Waals surface area contributed by atoms with E-state index in [1.807, 2.05) is 6.07 Å². The van der Waals surface area contributed by atoms with Crippen molar-refractivity contribution in [2.75, 3.05) is 6.67 Å². The molecule has 4 nitrogen and oxygen atoms in total. The van der Waals surface area contributed by atoms with Crippen LogP contribution in [0.2, 0.25) is 0 Å². The van der Waals surface area contributed by atoms with Crippen molar-refractivity contribution in [1.29, 1.82) is 0 Å². The molecular weight excluding hydrogens is 391 g/mol. The first-order chi connectivity index (χ1) is 14.0. The summed E-state index contributed by atoms with van der Waals surface area (Å²) in [6.45, 7) is 1.24. The molecule has 0 saturated carbocycles. The summed E-state index contributed by atoms with van der Waals surface area (Å²) in [5.74, 6) is 0. The summed E-state index contributed by atoms with van der Waals surface area (Å²) in [6.07, 6.45) is -3.41. The summed E-state index contributed by atoms with van der Waals surface area (Å²) >= 11 is 1.62. The van der Waals surface area contributed by atoms with Crippen LogP contribution >= 0.6 is 11.8 Å². The number of fused-ring (bicyclic) bond motifs is 1. The van der Waals surface area contributed by atoms with Crippen LogP contribution in [0.4, 0.5) is 4.39 Å². The van der Waals surface area contributed by atoms with Gasteiger partial charge in [-0.3, -0.25) is 0 Å². The van der Waals surface area contributed by atoms with Crippen LogP contribution in [0.15, 0.2) is 47.4 Å². The molecule has 6 heteroatoms. The van der Waals surface area contributed by atoms with Crippen molar-refractivity contribution in [3.63, 3.8) is 0 Å². The highest BCUT2D eigenvalue weighted by Crippen LogP contribution is 2.44. The normalized spacial score (nSPS) is 31.6. The van der Waals surface area contributed by atoms with Crippen LogP contribution < -0.4 is 0 Å². The minimum atomic E-state index is -1.42. The summed E-state index contributed by atoms with van der Waals surface area (Å²) in [6, 6.07) is 14.9. The Morgan fingerprint density at radius 3 is 2.41 bits per heavy atom. The van der Waals surface area contributed by atoms with Gasteiger partial charge in [0.15, 0.2) is 0 Å². The highest BCUT2D eigenvalue weighted by atomic mass is 32.2. The summed E-state index contributed by atoms with van der Waals surface area (Å²) in [5.41, 5.74) is 4.95. The second-order valence-corrected chi connectivity index (χ2v) is 9.13. The summed E-state index contributed by atoms with van der Waals surface area (Å²) in [5, 5.41) is 30.3. The maximum Gasteiger partial charge on any atom is 0.118 e. The summed E-state index contributed by atoms with van der Waals surface area (Å²) < 4.78 is 18.9. The van der Waals surface area contributed by atoms with Crippen LogP contribution in [0.3, 0.4) is 0 Å². The predicted molar refractivity (Wildman–Crippen MR) is 111 cm³/mol. The first-order valence-electron chi connectivity index (χ1n) is 10.1. The van der Waals surface area contributed by atoms with Crippen molar-refractivity contribution in [1.82, 2.24) is 0 Å². The largest absolute Gasteiger partial charge is 0.388 e. The third-order valence-electron chi connectivity index (χ3n) is 5.96. The van der Waals surface area contributed by atoms with Gasteiger partial charge in [0.2, 0.25) is 0 Å². The highest BCUT2D eigenvalue weighted by Gasteiger charge is 2.48. The Morgan fingerprint density at radius 2 is 1.72 bits per heavy atom. The third-order valence-corrected chi connectivity index (χ3v) is 7.46. The van der Waals surface area contributed by atoms with Crippen LogP contribution in [0.1, 0.15) is 29.2 Å². The summed E-state index contributed by atoms with van der Waals surface area (Å²) in [7, 11) is 0. The number of rotatable bonds is 5. The third kappa shape index (κ3) is 4.09. The van der Waals surface area contributed by atoms with E-state index in [-0.39, 0.29) is 5.25 Å². The monoisotopic (exact) mass is 418 g/mol. The second kappa shape index (κ2) is 8.74. The van der Waals surface area contributed by atoms with Gasteiger partial charge < -0.3 is 20.1 Å². The lowest BCUT2D eigenvalue weighted by Crippen LogP contribution is -2.60. The number of hydrogen-bond donors (Lipinski definition) is 3. The molecule has 29 heavy (non-hydrogen) atoms. The Labute approximate surface area is 174 Å². The van der Waals surface area contributed by atoms with Crippen molar-refractivity contribution < 1.29 is 24.4 Å². The van der Waals surface area contributed by atoms with E-state index in [9.17, 15) is 19.7 Å². The molecule has 6 atom stereocenters. The van der Waals surface area contributed by atoms with Gasteiger partial charge in [-0.2, -0.15) is 0 Å². The van der Waals surface area contributed by atoms with Crippen LogP contribution in [-0.4, -0.2) is 57.8 Å². The molecule has 0 amide bonds. The molecule has 0 bridgehead atoms. The van der Waals surface area contributed by atoms with Crippen molar-refractivity contribution in [2.24, 2.45) is 0 Å². The maximum absolute atomic E-state index is 13.2. The lowest BCUT2D eigenvalue weighted by atomic mass is 9.91. The standard InChI is InChI=1S/C23H27FO4S/c1-2-13-6-8-14(9-7-13)10-15-4-3-5-16-11-18(29-23(15)16)22-21(27)20(26)19(25)17(12-24)28-22/h3-9,17-22,25-27H,2,10-12H2,1H3/t17-,18?,19-,20+,21-,22+/m1/s1. The van der Waals surface area contributed by atoms with Gasteiger partial charge in [0, 0.05) is 10.1 Å². The van der Waals surface area contributed by atoms with Crippen LogP contribution in [0.25, 0.3) is 0 Å². The molecule has 0 radical (unpaired) electrons. The summed E-state index contributed by atoms with van der Waals surface area (Å²) in [4.78, 5) is 1.17. The van der Waals surface area contributed by atoms with Crippen LogP contribution in [0, 0.1) is 0 Å². The number of aliphatic hydroxyl groups excluding tert-OH is 3. The number of halogens is 1. The number of benzene rings is 2. The van der Waals surface area contributed by atoms with E-state index in [1.54, 1.807) is 11.8 Å². The lowest BCUT2D eigenvalue weighted by molar-refractivity contribution is -0.224.